The SMILES string of the molecule is CC(C)Cn1nccc1NC(=O)c1cccnc1. The number of anilines is 1. The molecule has 18 heavy (non-hydrogen) atoms. The van der Waals surface area contributed by atoms with Crippen molar-refractivity contribution < 1.29 is 4.79 Å². The molecular weight excluding hydrogens is 228 g/mol. The summed E-state index contributed by atoms with van der Waals surface area (Å²) in [4.78, 5) is 15.9. The van der Waals surface area contributed by atoms with Crippen LogP contribution in [0.3, 0.4) is 0 Å². The van der Waals surface area contributed by atoms with Crippen molar-refractivity contribution in [2.24, 2.45) is 5.92 Å². The van der Waals surface area contributed by atoms with Gasteiger partial charge in [0.05, 0.1) is 11.8 Å². The van der Waals surface area contributed by atoms with Crippen molar-refractivity contribution in [2.75, 3.05) is 5.32 Å². The zero-order valence-electron chi connectivity index (χ0n) is 10.5. The van der Waals surface area contributed by atoms with E-state index < -0.39 is 0 Å². The van der Waals surface area contributed by atoms with E-state index in [1.165, 1.54) is 0 Å². The monoisotopic (exact) mass is 244 g/mol. The highest BCUT2D eigenvalue weighted by Crippen LogP contribution is 2.10. The Balaban J connectivity index is 2.10. The molecule has 5 heteroatoms. The molecule has 1 N–H and O–H groups in total. The van der Waals surface area contributed by atoms with Crippen LogP contribution in [0.2, 0.25) is 0 Å². The summed E-state index contributed by atoms with van der Waals surface area (Å²) < 4.78 is 1.79. The zero-order chi connectivity index (χ0) is 13.0. The summed E-state index contributed by atoms with van der Waals surface area (Å²) in [6.07, 6.45) is 4.86. The highest BCUT2D eigenvalue weighted by molar-refractivity contribution is 6.03. The molecule has 0 aliphatic rings. The summed E-state index contributed by atoms with van der Waals surface area (Å²) in [5, 5.41) is 7.02. The fraction of sp³-hybridized carbons (Fsp3) is 0.308. The highest BCUT2D eigenvalue weighted by Gasteiger charge is 2.10. The number of amides is 1. The van der Waals surface area contributed by atoms with Crippen molar-refractivity contribution in [2.45, 2.75) is 20.4 Å². The van der Waals surface area contributed by atoms with Crippen LogP contribution in [0.1, 0.15) is 24.2 Å². The summed E-state index contributed by atoms with van der Waals surface area (Å²) >= 11 is 0. The number of hydrogen-bond acceptors (Lipinski definition) is 3. The Morgan fingerprint density at radius 2 is 2.22 bits per heavy atom. The summed E-state index contributed by atoms with van der Waals surface area (Å²) in [7, 11) is 0. The summed E-state index contributed by atoms with van der Waals surface area (Å²) in [6.45, 7) is 4.98. The molecule has 0 aromatic carbocycles. The van der Waals surface area contributed by atoms with Crippen LogP contribution in [-0.4, -0.2) is 20.7 Å². The molecule has 0 unspecified atom stereocenters. The number of nitrogens with zero attached hydrogens (tertiary/aromatic N) is 3. The molecule has 94 valence electrons. The van der Waals surface area contributed by atoms with E-state index in [0.29, 0.717) is 17.3 Å². The molecule has 2 aromatic rings. The first-order valence-corrected chi connectivity index (χ1v) is 5.90. The second-order valence-electron chi connectivity index (χ2n) is 4.49. The molecule has 0 radical (unpaired) electrons. The molecule has 0 aliphatic carbocycles. The Kier molecular flexibility index (Phi) is 3.72. The fourth-order valence-corrected chi connectivity index (χ4v) is 1.62. The molecule has 0 fully saturated rings. The number of aromatic nitrogens is 3. The van der Waals surface area contributed by atoms with Crippen molar-refractivity contribution >= 4 is 11.7 Å². The predicted molar refractivity (Wildman–Crippen MR) is 69.3 cm³/mol. The second-order valence-corrected chi connectivity index (χ2v) is 4.49. The van der Waals surface area contributed by atoms with Crippen molar-refractivity contribution in [3.05, 3.63) is 42.4 Å². The third-order valence-electron chi connectivity index (χ3n) is 2.42. The van der Waals surface area contributed by atoms with Gasteiger partial charge in [0.2, 0.25) is 0 Å². The van der Waals surface area contributed by atoms with E-state index in [2.05, 4.69) is 29.2 Å². The Morgan fingerprint density at radius 3 is 2.89 bits per heavy atom. The van der Waals surface area contributed by atoms with Gasteiger partial charge in [0.1, 0.15) is 5.82 Å². The molecule has 1 amide bonds. The first kappa shape index (κ1) is 12.3. The predicted octanol–water partition coefficient (Wildman–Crippen LogP) is 2.19. The third kappa shape index (κ3) is 2.94. The molecule has 2 heterocycles. The number of hydrogen-bond donors (Lipinski definition) is 1. The van der Waals surface area contributed by atoms with E-state index >= 15 is 0 Å². The van der Waals surface area contributed by atoms with Gasteiger partial charge in [-0.05, 0) is 18.1 Å². The molecule has 5 nitrogen and oxygen atoms in total. The third-order valence-corrected chi connectivity index (χ3v) is 2.42. The van der Waals surface area contributed by atoms with Crippen molar-refractivity contribution in [1.29, 1.82) is 0 Å². The van der Waals surface area contributed by atoms with E-state index in [-0.39, 0.29) is 5.91 Å². The quantitative estimate of drug-likeness (QED) is 0.896. The van der Waals surface area contributed by atoms with Gasteiger partial charge < -0.3 is 5.32 Å². The van der Waals surface area contributed by atoms with Crippen LogP contribution in [0.4, 0.5) is 5.82 Å². The normalized spacial score (nSPS) is 10.6. The molecule has 0 saturated heterocycles. The van der Waals surface area contributed by atoms with Crippen LogP contribution in [0.5, 0.6) is 0 Å². The summed E-state index contributed by atoms with van der Waals surface area (Å²) in [6, 6.07) is 5.25. The first-order chi connectivity index (χ1) is 8.66. The van der Waals surface area contributed by atoms with E-state index in [4.69, 9.17) is 0 Å². The topological polar surface area (TPSA) is 59.8 Å². The number of carbonyl (C=O) groups is 1. The average molecular weight is 244 g/mol. The molecule has 0 saturated carbocycles. The molecule has 0 bridgehead atoms. The van der Waals surface area contributed by atoms with Gasteiger partial charge in [-0.15, -0.1) is 0 Å². The minimum absolute atomic E-state index is 0.173. The van der Waals surface area contributed by atoms with Gasteiger partial charge in [-0.3, -0.25) is 9.78 Å². The van der Waals surface area contributed by atoms with Crippen LogP contribution in [0, 0.1) is 5.92 Å². The number of nitrogens with one attached hydrogen (secondary N) is 1. The van der Waals surface area contributed by atoms with Crippen molar-refractivity contribution in [3.63, 3.8) is 0 Å². The summed E-state index contributed by atoms with van der Waals surface area (Å²) in [5.74, 6) is 1.00. The van der Waals surface area contributed by atoms with Gasteiger partial charge in [0.25, 0.3) is 5.91 Å². The Morgan fingerprint density at radius 1 is 1.39 bits per heavy atom. The summed E-state index contributed by atoms with van der Waals surface area (Å²) in [5.41, 5.74) is 0.537. The maximum atomic E-state index is 12.0. The van der Waals surface area contributed by atoms with Gasteiger partial charge in [-0.25, -0.2) is 4.68 Å². The van der Waals surface area contributed by atoms with Crippen LogP contribution < -0.4 is 5.32 Å². The minimum Gasteiger partial charge on any atom is -0.307 e. The smallest absolute Gasteiger partial charge is 0.258 e. The number of pyridine rings is 1. The Bertz CT molecular complexity index is 519. The fourth-order valence-electron chi connectivity index (χ4n) is 1.62. The van der Waals surface area contributed by atoms with Crippen LogP contribution in [0.15, 0.2) is 36.8 Å². The van der Waals surface area contributed by atoms with Crippen molar-refractivity contribution in [1.82, 2.24) is 14.8 Å². The van der Waals surface area contributed by atoms with Gasteiger partial charge >= 0.3 is 0 Å². The maximum Gasteiger partial charge on any atom is 0.258 e. The van der Waals surface area contributed by atoms with E-state index in [1.54, 1.807) is 41.5 Å². The second kappa shape index (κ2) is 5.44. The largest absolute Gasteiger partial charge is 0.307 e. The van der Waals surface area contributed by atoms with E-state index in [0.717, 1.165) is 6.54 Å². The molecule has 2 aromatic heterocycles. The molecule has 2 rings (SSSR count). The van der Waals surface area contributed by atoms with Gasteiger partial charge in [0.15, 0.2) is 0 Å². The highest BCUT2D eigenvalue weighted by atomic mass is 16.1. The molecule has 0 aliphatic heterocycles. The van der Waals surface area contributed by atoms with E-state index in [9.17, 15) is 4.79 Å². The Labute approximate surface area is 106 Å². The van der Waals surface area contributed by atoms with Gasteiger partial charge in [-0.1, -0.05) is 13.8 Å². The lowest BCUT2D eigenvalue weighted by molar-refractivity contribution is 0.102. The van der Waals surface area contributed by atoms with E-state index in [1.807, 2.05) is 0 Å². The number of carbonyl (C=O) groups excluding carboxylic acids is 1. The first-order valence-electron chi connectivity index (χ1n) is 5.90. The lowest BCUT2D eigenvalue weighted by Gasteiger charge is -2.10. The van der Waals surface area contributed by atoms with Gasteiger partial charge in [-0.2, -0.15) is 5.10 Å². The Hall–Kier alpha value is -2.17. The zero-order valence-corrected chi connectivity index (χ0v) is 10.5. The van der Waals surface area contributed by atoms with Crippen molar-refractivity contribution in [3.8, 4) is 0 Å². The average Bonchev–Trinajstić information content (AvgIpc) is 2.77. The van der Waals surface area contributed by atoms with Gasteiger partial charge in [0, 0.05) is 25.0 Å². The molecular formula is C13H16N4O. The number of rotatable bonds is 4. The van der Waals surface area contributed by atoms with Crippen LogP contribution in [-0.2, 0) is 6.54 Å². The van der Waals surface area contributed by atoms with Crippen LogP contribution in [0.25, 0.3) is 0 Å². The lowest BCUT2D eigenvalue weighted by Crippen LogP contribution is -2.17. The molecule has 0 spiro atoms. The minimum atomic E-state index is -0.173. The molecule has 0 atom stereocenters. The van der Waals surface area contributed by atoms with Crippen LogP contribution >= 0.6 is 0 Å². The lowest BCUT2D eigenvalue weighted by atomic mass is 10.2. The maximum absolute atomic E-state index is 12.0. The standard InChI is InChI=1S/C13H16N4O/c1-10(2)9-17-12(5-7-15-17)16-13(18)11-4-3-6-14-8-11/h3-8,10H,9H2,1-2H3,(H,16,18).